The number of nitrogens with zero attached hydrogens (tertiary/aromatic N) is 1. The molecule has 0 unspecified atom stereocenters. The van der Waals surface area contributed by atoms with E-state index in [1.807, 2.05) is 42.5 Å². The van der Waals surface area contributed by atoms with Crippen LogP contribution in [0.4, 0.5) is 0 Å². The van der Waals surface area contributed by atoms with Crippen LogP contribution in [0.25, 0.3) is 0 Å². The lowest BCUT2D eigenvalue weighted by Crippen LogP contribution is -2.26. The van der Waals surface area contributed by atoms with Gasteiger partial charge in [0.2, 0.25) is 0 Å². The summed E-state index contributed by atoms with van der Waals surface area (Å²) in [6.07, 6.45) is 0. The zero-order valence-corrected chi connectivity index (χ0v) is 15.8. The largest absolute Gasteiger partial charge is 0.478 e. The van der Waals surface area contributed by atoms with Gasteiger partial charge in [0, 0.05) is 16.2 Å². The Hall–Kier alpha value is -3.09. The molecular weight excluding hydrogens is 374 g/mol. The average molecular weight is 393 g/mol. The predicted octanol–water partition coefficient (Wildman–Crippen LogP) is 4.71. The molecule has 1 amide bonds. The molecule has 6 heteroatoms. The molecule has 5 nitrogen and oxygen atoms in total. The molecule has 28 heavy (non-hydrogen) atoms. The first kappa shape index (κ1) is 19.7. The number of hydrogen-bond acceptors (Lipinski definition) is 4. The summed E-state index contributed by atoms with van der Waals surface area (Å²) in [4.78, 5) is 24.4. The van der Waals surface area contributed by atoms with Crippen LogP contribution in [0, 0.1) is 0 Å². The third-order valence-electron chi connectivity index (χ3n) is 4.15. The van der Waals surface area contributed by atoms with E-state index < -0.39 is 11.9 Å². The van der Waals surface area contributed by atoms with Crippen LogP contribution < -0.4 is 0 Å². The number of rotatable bonds is 7. The van der Waals surface area contributed by atoms with Gasteiger partial charge in [-0.05, 0) is 41.5 Å². The van der Waals surface area contributed by atoms with Crippen LogP contribution in [0.15, 0.2) is 83.8 Å². The summed E-state index contributed by atoms with van der Waals surface area (Å²) in [5.74, 6) is -0.845. The topological polar surface area (TPSA) is 77.8 Å². The fraction of sp³-hybridized carbons (Fsp3) is 0.0909. The summed E-state index contributed by atoms with van der Waals surface area (Å²) in [6.45, 7) is 0.0839. The molecule has 0 fully saturated rings. The van der Waals surface area contributed by atoms with Crippen molar-refractivity contribution < 1.29 is 19.9 Å². The number of aromatic carboxylic acids is 1. The number of carboxylic acids is 1. The summed E-state index contributed by atoms with van der Waals surface area (Å²) in [5, 5.41) is 20.0. The summed E-state index contributed by atoms with van der Waals surface area (Å²) in [7, 11) is 0. The normalized spacial score (nSPS) is 10.5. The van der Waals surface area contributed by atoms with E-state index in [4.69, 9.17) is 0 Å². The van der Waals surface area contributed by atoms with Gasteiger partial charge >= 0.3 is 5.97 Å². The zero-order valence-electron chi connectivity index (χ0n) is 15.0. The number of benzene rings is 3. The summed E-state index contributed by atoms with van der Waals surface area (Å²) in [5.41, 5.74) is 2.29. The average Bonchev–Trinajstić information content (AvgIpc) is 2.73. The van der Waals surface area contributed by atoms with Gasteiger partial charge in [-0.1, -0.05) is 48.5 Å². The highest BCUT2D eigenvalue weighted by molar-refractivity contribution is 7.98. The second kappa shape index (κ2) is 9.21. The van der Waals surface area contributed by atoms with E-state index in [0.29, 0.717) is 21.9 Å². The molecule has 0 aliphatic rings. The lowest BCUT2D eigenvalue weighted by molar-refractivity contribution is -0.0648. The minimum atomic E-state index is -0.933. The molecule has 0 radical (unpaired) electrons. The minimum Gasteiger partial charge on any atom is -0.478 e. The Morgan fingerprint density at radius 1 is 0.857 bits per heavy atom. The van der Waals surface area contributed by atoms with Gasteiger partial charge < -0.3 is 5.11 Å². The monoisotopic (exact) mass is 393 g/mol. The van der Waals surface area contributed by atoms with Crippen LogP contribution in [0.2, 0.25) is 0 Å². The highest BCUT2D eigenvalue weighted by atomic mass is 32.2. The van der Waals surface area contributed by atoms with Gasteiger partial charge in [-0.3, -0.25) is 10.0 Å². The van der Waals surface area contributed by atoms with Gasteiger partial charge in [-0.15, -0.1) is 11.8 Å². The molecule has 2 N–H and O–H groups in total. The van der Waals surface area contributed by atoms with Crippen LogP contribution in [0.5, 0.6) is 0 Å². The van der Waals surface area contributed by atoms with Gasteiger partial charge in [0.05, 0.1) is 12.1 Å². The number of hydroxylamine groups is 2. The Labute approximate surface area is 167 Å². The SMILES string of the molecule is O=C(O)c1ccccc1CSc1ccc(CN(O)C(=O)c2ccccc2)cc1. The lowest BCUT2D eigenvalue weighted by Gasteiger charge is -2.15. The number of hydrogen-bond donors (Lipinski definition) is 2. The Balaban J connectivity index is 1.59. The van der Waals surface area contributed by atoms with Crippen LogP contribution in [0.3, 0.4) is 0 Å². The van der Waals surface area contributed by atoms with Crippen molar-refractivity contribution in [2.24, 2.45) is 0 Å². The van der Waals surface area contributed by atoms with Gasteiger partial charge in [0.15, 0.2) is 0 Å². The number of carbonyl (C=O) groups is 2. The third kappa shape index (κ3) is 5.00. The summed E-state index contributed by atoms with van der Waals surface area (Å²) >= 11 is 1.53. The molecular formula is C22H19NO4S. The van der Waals surface area contributed by atoms with Crippen molar-refractivity contribution in [3.8, 4) is 0 Å². The molecule has 0 aromatic heterocycles. The second-order valence-corrected chi connectivity index (χ2v) is 7.17. The molecule has 0 spiro atoms. The van der Waals surface area contributed by atoms with Crippen molar-refractivity contribution in [3.05, 3.63) is 101 Å². The molecule has 3 rings (SSSR count). The molecule has 0 atom stereocenters. The van der Waals surface area contributed by atoms with Crippen LogP contribution in [-0.2, 0) is 12.3 Å². The van der Waals surface area contributed by atoms with E-state index in [1.54, 1.807) is 36.4 Å². The number of carboxylic acid groups (broad SMARTS) is 1. The maximum absolute atomic E-state index is 12.2. The van der Waals surface area contributed by atoms with Crippen LogP contribution >= 0.6 is 11.8 Å². The van der Waals surface area contributed by atoms with Crippen molar-refractivity contribution in [2.75, 3.05) is 0 Å². The standard InChI is InChI=1S/C22H19NO4S/c24-21(17-6-2-1-3-7-17)23(27)14-16-10-12-19(13-11-16)28-15-18-8-4-5-9-20(18)22(25)26/h1-13,27H,14-15H2,(H,25,26). The van der Waals surface area contributed by atoms with Gasteiger partial charge in [0.1, 0.15) is 0 Å². The van der Waals surface area contributed by atoms with E-state index in [1.165, 1.54) is 11.8 Å². The van der Waals surface area contributed by atoms with Gasteiger partial charge in [-0.2, -0.15) is 0 Å². The van der Waals surface area contributed by atoms with E-state index in [9.17, 15) is 19.9 Å². The molecule has 0 saturated carbocycles. The number of thioether (sulfide) groups is 1. The molecule has 3 aromatic rings. The van der Waals surface area contributed by atoms with E-state index in [-0.39, 0.29) is 6.54 Å². The Morgan fingerprint density at radius 3 is 2.18 bits per heavy atom. The second-order valence-electron chi connectivity index (χ2n) is 6.12. The van der Waals surface area contributed by atoms with Gasteiger partial charge in [0.25, 0.3) is 5.91 Å². The highest BCUT2D eigenvalue weighted by Crippen LogP contribution is 2.25. The molecule has 0 saturated heterocycles. The molecule has 3 aromatic carbocycles. The van der Waals surface area contributed by atoms with Gasteiger partial charge in [-0.25, -0.2) is 9.86 Å². The van der Waals surface area contributed by atoms with Crippen LogP contribution in [-0.4, -0.2) is 27.3 Å². The van der Waals surface area contributed by atoms with Crippen molar-refractivity contribution in [1.29, 1.82) is 0 Å². The zero-order chi connectivity index (χ0) is 19.9. The van der Waals surface area contributed by atoms with Crippen molar-refractivity contribution in [3.63, 3.8) is 0 Å². The van der Waals surface area contributed by atoms with Crippen molar-refractivity contribution in [1.82, 2.24) is 5.06 Å². The summed E-state index contributed by atoms with van der Waals surface area (Å²) in [6, 6.07) is 23.0. The maximum Gasteiger partial charge on any atom is 0.335 e. The fourth-order valence-corrected chi connectivity index (χ4v) is 3.58. The van der Waals surface area contributed by atoms with E-state index in [0.717, 1.165) is 16.0 Å². The molecule has 0 bridgehead atoms. The van der Waals surface area contributed by atoms with Crippen molar-refractivity contribution >= 4 is 23.6 Å². The van der Waals surface area contributed by atoms with E-state index >= 15 is 0 Å². The quantitative estimate of drug-likeness (QED) is 0.345. The minimum absolute atomic E-state index is 0.0839. The molecule has 0 heterocycles. The molecule has 142 valence electrons. The Bertz CT molecular complexity index is 958. The number of carbonyl (C=O) groups excluding carboxylic acids is 1. The van der Waals surface area contributed by atoms with Crippen molar-refractivity contribution in [2.45, 2.75) is 17.2 Å². The number of amides is 1. The smallest absolute Gasteiger partial charge is 0.335 e. The van der Waals surface area contributed by atoms with Crippen LogP contribution in [0.1, 0.15) is 31.8 Å². The third-order valence-corrected chi connectivity index (χ3v) is 5.21. The first-order valence-electron chi connectivity index (χ1n) is 8.63. The fourth-order valence-electron chi connectivity index (χ4n) is 2.68. The summed E-state index contributed by atoms with van der Waals surface area (Å²) < 4.78 is 0. The first-order valence-corrected chi connectivity index (χ1v) is 9.62. The molecule has 0 aliphatic heterocycles. The maximum atomic E-state index is 12.2. The van der Waals surface area contributed by atoms with E-state index in [2.05, 4.69) is 0 Å². The Kier molecular flexibility index (Phi) is 6.47. The highest BCUT2D eigenvalue weighted by Gasteiger charge is 2.14. The first-order chi connectivity index (χ1) is 13.5. The predicted molar refractivity (Wildman–Crippen MR) is 108 cm³/mol. The lowest BCUT2D eigenvalue weighted by atomic mass is 10.1. The Morgan fingerprint density at radius 2 is 1.50 bits per heavy atom. The molecule has 0 aliphatic carbocycles.